The van der Waals surface area contributed by atoms with Gasteiger partial charge in [-0.1, -0.05) is 12.1 Å². The molecule has 156 valence electrons. The number of carboxylic acids is 1. The number of aromatic carboxylic acids is 1. The molecule has 1 aliphatic heterocycles. The molecule has 1 aliphatic rings. The first-order chi connectivity index (χ1) is 14.5. The molecule has 2 heterocycles. The van der Waals surface area contributed by atoms with E-state index >= 15 is 0 Å². The molecule has 1 fully saturated rings. The second-order valence-corrected chi connectivity index (χ2v) is 7.06. The number of hydrogen-bond donors (Lipinski definition) is 2. The summed E-state index contributed by atoms with van der Waals surface area (Å²) in [4.78, 5) is 23.3. The summed E-state index contributed by atoms with van der Waals surface area (Å²) < 4.78 is 18.0. The van der Waals surface area contributed by atoms with Crippen molar-refractivity contribution in [2.75, 3.05) is 25.6 Å². The van der Waals surface area contributed by atoms with Crippen LogP contribution in [0.4, 0.5) is 10.5 Å². The quantitative estimate of drug-likeness (QED) is 0.642. The van der Waals surface area contributed by atoms with Gasteiger partial charge in [-0.05, 0) is 35.7 Å². The highest BCUT2D eigenvalue weighted by Gasteiger charge is 2.20. The molecule has 1 atom stereocenters. The van der Waals surface area contributed by atoms with Crippen molar-refractivity contribution in [3.8, 4) is 5.75 Å². The number of hydrogen-bond acceptors (Lipinski definition) is 5. The van der Waals surface area contributed by atoms with Crippen LogP contribution in [0.5, 0.6) is 5.75 Å². The molecule has 1 aromatic heterocycles. The first-order valence-corrected chi connectivity index (χ1v) is 9.58. The van der Waals surface area contributed by atoms with E-state index < -0.39 is 12.1 Å². The van der Waals surface area contributed by atoms with Crippen molar-refractivity contribution >= 4 is 28.7 Å². The number of benzene rings is 2. The van der Waals surface area contributed by atoms with Crippen molar-refractivity contribution in [3.05, 3.63) is 59.8 Å². The number of amides is 1. The van der Waals surface area contributed by atoms with E-state index in [-0.39, 0.29) is 11.7 Å². The molecular weight excluding hydrogens is 388 g/mol. The maximum Gasteiger partial charge on any atom is 0.411 e. The van der Waals surface area contributed by atoms with Gasteiger partial charge in [-0.15, -0.1) is 0 Å². The van der Waals surface area contributed by atoms with Gasteiger partial charge < -0.3 is 23.9 Å². The van der Waals surface area contributed by atoms with Gasteiger partial charge in [0.2, 0.25) is 0 Å². The van der Waals surface area contributed by atoms with Crippen LogP contribution >= 0.6 is 0 Å². The van der Waals surface area contributed by atoms with Crippen molar-refractivity contribution in [1.82, 2.24) is 4.57 Å². The van der Waals surface area contributed by atoms with Gasteiger partial charge >= 0.3 is 12.1 Å². The maximum atomic E-state index is 12.1. The monoisotopic (exact) mass is 410 g/mol. The third-order valence-corrected chi connectivity index (χ3v) is 5.06. The molecule has 0 spiro atoms. The Balaban J connectivity index is 1.54. The molecule has 1 saturated heterocycles. The molecule has 8 nitrogen and oxygen atoms in total. The summed E-state index contributed by atoms with van der Waals surface area (Å²) in [6.07, 6.45) is 1.93. The van der Waals surface area contributed by atoms with Crippen molar-refractivity contribution in [1.29, 1.82) is 0 Å². The minimum absolute atomic E-state index is 0.172. The maximum absolute atomic E-state index is 12.1. The van der Waals surface area contributed by atoms with Gasteiger partial charge in [0.05, 0.1) is 37.9 Å². The van der Waals surface area contributed by atoms with E-state index in [2.05, 4.69) is 5.32 Å². The first kappa shape index (κ1) is 19.8. The number of methoxy groups -OCH3 is 1. The number of carbonyl (C=O) groups is 2. The van der Waals surface area contributed by atoms with Gasteiger partial charge in [0.25, 0.3) is 0 Å². The van der Waals surface area contributed by atoms with Gasteiger partial charge in [-0.3, -0.25) is 5.32 Å². The smallest absolute Gasteiger partial charge is 0.411 e. The second kappa shape index (κ2) is 8.46. The number of aromatic nitrogens is 1. The van der Waals surface area contributed by atoms with Crippen LogP contribution in [0.3, 0.4) is 0 Å². The fraction of sp³-hybridized carbons (Fsp3) is 0.273. The molecule has 4 rings (SSSR count). The van der Waals surface area contributed by atoms with Crippen molar-refractivity contribution < 1.29 is 28.9 Å². The highest BCUT2D eigenvalue weighted by atomic mass is 16.6. The highest BCUT2D eigenvalue weighted by molar-refractivity contribution is 5.90. The lowest BCUT2D eigenvalue weighted by atomic mass is 10.1. The van der Waals surface area contributed by atoms with E-state index in [4.69, 9.17) is 14.2 Å². The lowest BCUT2D eigenvalue weighted by Crippen LogP contribution is -2.22. The lowest BCUT2D eigenvalue weighted by molar-refractivity contribution is 0.0696. The Kier molecular flexibility index (Phi) is 5.58. The standard InChI is InChI=1S/C22H22N2O6/c1-28-20-10-15(21(25)26)2-3-16(20)12-24-8-6-14-4-5-17(11-19(14)24)23-22(27)30-18-7-9-29-13-18/h2-6,8,10-11,18H,7,9,12-13H2,1H3,(H,23,27)(H,25,26). The summed E-state index contributed by atoms with van der Waals surface area (Å²) in [6.45, 7) is 1.52. The number of fused-ring (bicyclic) bond motifs is 1. The zero-order chi connectivity index (χ0) is 21.1. The van der Waals surface area contributed by atoms with E-state index in [9.17, 15) is 14.7 Å². The number of nitrogens with zero attached hydrogens (tertiary/aromatic N) is 1. The summed E-state index contributed by atoms with van der Waals surface area (Å²) in [5.74, 6) is -0.494. The number of nitrogens with one attached hydrogen (secondary N) is 1. The number of carbonyl (C=O) groups excluding carboxylic acids is 1. The van der Waals surface area contributed by atoms with Crippen LogP contribution in [0.25, 0.3) is 10.9 Å². The molecule has 2 N–H and O–H groups in total. The van der Waals surface area contributed by atoms with E-state index in [1.807, 2.05) is 35.0 Å². The molecular formula is C22H22N2O6. The minimum Gasteiger partial charge on any atom is -0.496 e. The Bertz CT molecular complexity index is 1080. The van der Waals surface area contributed by atoms with Crippen molar-refractivity contribution in [2.24, 2.45) is 0 Å². The van der Waals surface area contributed by atoms with Crippen LogP contribution in [0, 0.1) is 0 Å². The molecule has 3 aromatic rings. The van der Waals surface area contributed by atoms with Crippen LogP contribution in [0.2, 0.25) is 0 Å². The third-order valence-electron chi connectivity index (χ3n) is 5.06. The average Bonchev–Trinajstić information content (AvgIpc) is 3.38. The van der Waals surface area contributed by atoms with Gasteiger partial charge in [-0.2, -0.15) is 0 Å². The second-order valence-electron chi connectivity index (χ2n) is 7.06. The van der Waals surface area contributed by atoms with Gasteiger partial charge in [-0.25, -0.2) is 9.59 Å². The topological polar surface area (TPSA) is 99.0 Å². The van der Waals surface area contributed by atoms with Crippen molar-refractivity contribution in [2.45, 2.75) is 19.1 Å². The average molecular weight is 410 g/mol. The number of ether oxygens (including phenoxy) is 3. The summed E-state index contributed by atoms with van der Waals surface area (Å²) in [6, 6.07) is 12.4. The van der Waals surface area contributed by atoms with Crippen LogP contribution in [-0.2, 0) is 16.0 Å². The molecule has 2 aromatic carbocycles. The van der Waals surface area contributed by atoms with Crippen LogP contribution in [-0.4, -0.2) is 48.2 Å². The SMILES string of the molecule is COc1cc(C(=O)O)ccc1Cn1ccc2ccc(NC(=O)OC3CCOC3)cc21. The molecule has 1 amide bonds. The first-order valence-electron chi connectivity index (χ1n) is 9.58. The molecule has 8 heteroatoms. The summed E-state index contributed by atoms with van der Waals surface area (Å²) >= 11 is 0. The fourth-order valence-electron chi connectivity index (χ4n) is 3.50. The molecule has 0 bridgehead atoms. The van der Waals surface area contributed by atoms with E-state index in [1.54, 1.807) is 12.1 Å². The number of carboxylic acid groups (broad SMARTS) is 1. The number of anilines is 1. The van der Waals surface area contributed by atoms with Gasteiger partial charge in [0, 0.05) is 23.9 Å². The lowest BCUT2D eigenvalue weighted by Gasteiger charge is -2.13. The summed E-state index contributed by atoms with van der Waals surface area (Å²) in [5.41, 5.74) is 2.56. The van der Waals surface area contributed by atoms with Gasteiger partial charge in [0.1, 0.15) is 11.9 Å². The molecule has 0 saturated carbocycles. The molecule has 0 radical (unpaired) electrons. The third kappa shape index (κ3) is 4.23. The summed E-state index contributed by atoms with van der Waals surface area (Å²) in [5, 5.41) is 13.0. The van der Waals surface area contributed by atoms with E-state index in [0.29, 0.717) is 37.6 Å². The Morgan fingerprint density at radius 3 is 2.83 bits per heavy atom. The van der Waals surface area contributed by atoms with Crippen LogP contribution in [0.1, 0.15) is 22.3 Å². The zero-order valence-electron chi connectivity index (χ0n) is 16.5. The molecule has 30 heavy (non-hydrogen) atoms. The summed E-state index contributed by atoms with van der Waals surface area (Å²) in [7, 11) is 1.52. The molecule has 0 aliphatic carbocycles. The Morgan fingerprint density at radius 2 is 2.10 bits per heavy atom. The normalized spacial score (nSPS) is 15.8. The van der Waals surface area contributed by atoms with Crippen LogP contribution in [0.15, 0.2) is 48.7 Å². The predicted octanol–water partition coefficient (Wildman–Crippen LogP) is 3.73. The zero-order valence-corrected chi connectivity index (χ0v) is 16.5. The van der Waals surface area contributed by atoms with Gasteiger partial charge in [0.15, 0.2) is 0 Å². The fourth-order valence-corrected chi connectivity index (χ4v) is 3.50. The predicted molar refractivity (Wildman–Crippen MR) is 110 cm³/mol. The Morgan fingerprint density at radius 1 is 1.23 bits per heavy atom. The van der Waals surface area contributed by atoms with Crippen LogP contribution < -0.4 is 10.1 Å². The molecule has 1 unspecified atom stereocenters. The van der Waals surface area contributed by atoms with E-state index in [1.165, 1.54) is 13.2 Å². The minimum atomic E-state index is -1.00. The Labute approximate surface area is 173 Å². The van der Waals surface area contributed by atoms with Crippen molar-refractivity contribution in [3.63, 3.8) is 0 Å². The highest BCUT2D eigenvalue weighted by Crippen LogP contribution is 2.26. The number of rotatable bonds is 6. The van der Waals surface area contributed by atoms with E-state index in [0.717, 1.165) is 16.5 Å². The Hall–Kier alpha value is -3.52. The largest absolute Gasteiger partial charge is 0.496 e.